The van der Waals surface area contributed by atoms with E-state index < -0.39 is 77.9 Å². The SMILES string of the molecule is CO[C@H]1C[C@H]2C=CC3C4C(O)[C@@H](C)[C@@H](OC(=O)C5=CC=CC5)[C@@H]3O[C@]42/C(C)=C/[C@@H](C)[C@@H]([C@@H](C)OC(=O)C(=O)NC2CC2)OC1=O. The van der Waals surface area contributed by atoms with Crippen molar-refractivity contribution in [3.05, 3.63) is 47.6 Å². The van der Waals surface area contributed by atoms with Crippen molar-refractivity contribution in [1.29, 1.82) is 0 Å². The summed E-state index contributed by atoms with van der Waals surface area (Å²) in [7, 11) is 1.43. The Bertz CT molecular complexity index is 1360. The largest absolute Gasteiger partial charge is 0.456 e. The van der Waals surface area contributed by atoms with E-state index in [1.807, 2.05) is 51.2 Å². The van der Waals surface area contributed by atoms with E-state index in [2.05, 4.69) is 5.32 Å². The van der Waals surface area contributed by atoms with Crippen molar-refractivity contribution in [2.75, 3.05) is 7.11 Å². The summed E-state index contributed by atoms with van der Waals surface area (Å²) in [5.74, 6) is -4.74. The zero-order chi connectivity index (χ0) is 32.2. The number of methoxy groups -OCH3 is 1. The summed E-state index contributed by atoms with van der Waals surface area (Å²) in [5.41, 5.74) is 0.359. The van der Waals surface area contributed by atoms with Gasteiger partial charge in [-0.2, -0.15) is 0 Å². The fraction of sp³-hybridized carbons (Fsp3) is 0.647. The van der Waals surface area contributed by atoms with Crippen LogP contribution in [0.3, 0.4) is 0 Å². The van der Waals surface area contributed by atoms with Gasteiger partial charge in [-0.15, -0.1) is 0 Å². The molecule has 0 aromatic carbocycles. The Morgan fingerprint density at radius 3 is 2.60 bits per heavy atom. The van der Waals surface area contributed by atoms with Crippen LogP contribution >= 0.6 is 0 Å². The lowest BCUT2D eigenvalue weighted by atomic mass is 9.57. The van der Waals surface area contributed by atoms with E-state index in [9.17, 15) is 24.3 Å². The highest BCUT2D eigenvalue weighted by Gasteiger charge is 2.69. The van der Waals surface area contributed by atoms with E-state index in [4.69, 9.17) is 23.7 Å². The highest BCUT2D eigenvalue weighted by atomic mass is 16.6. The topological polar surface area (TPSA) is 147 Å². The molecule has 11 nitrogen and oxygen atoms in total. The van der Waals surface area contributed by atoms with Gasteiger partial charge in [0.25, 0.3) is 0 Å². The summed E-state index contributed by atoms with van der Waals surface area (Å²) in [6.07, 6.45) is 8.86. The van der Waals surface area contributed by atoms with Crippen molar-refractivity contribution in [2.45, 2.75) is 102 Å². The quantitative estimate of drug-likeness (QED) is 0.195. The average Bonchev–Trinajstić information content (AvgIpc) is 3.58. The maximum atomic E-state index is 13.5. The second-order valence-electron chi connectivity index (χ2n) is 13.4. The molecule has 6 aliphatic rings. The minimum absolute atomic E-state index is 0.0109. The van der Waals surface area contributed by atoms with Gasteiger partial charge in [0.05, 0.1) is 6.10 Å². The molecule has 6 rings (SSSR count). The minimum Gasteiger partial charge on any atom is -0.456 e. The number of rotatable bonds is 6. The summed E-state index contributed by atoms with van der Waals surface area (Å²) >= 11 is 0. The van der Waals surface area contributed by atoms with Gasteiger partial charge in [0.2, 0.25) is 0 Å². The first-order chi connectivity index (χ1) is 21.5. The van der Waals surface area contributed by atoms with Crippen molar-refractivity contribution in [1.82, 2.24) is 5.32 Å². The molecule has 4 aliphatic carbocycles. The van der Waals surface area contributed by atoms with Gasteiger partial charge >= 0.3 is 23.8 Å². The molecule has 0 radical (unpaired) electrons. The molecule has 1 spiro atoms. The zero-order valence-electron chi connectivity index (χ0n) is 26.3. The van der Waals surface area contributed by atoms with Gasteiger partial charge in [0, 0.05) is 48.3 Å². The van der Waals surface area contributed by atoms with Crippen molar-refractivity contribution in [3.8, 4) is 0 Å². The van der Waals surface area contributed by atoms with Crippen LogP contribution in [0, 0.1) is 29.6 Å². The molecule has 0 aromatic heterocycles. The normalized spacial score (nSPS) is 42.0. The molecule has 3 unspecified atom stereocenters. The standard InChI is InChI=1S/C34H43NO10/c1-16-14-17(2)34-21(15-24(41-5)32(39)43-27(16)19(4)42-33(40)30(37)35-22-11-12-22)10-13-23-25(34)26(36)18(3)28(29(23)45-34)44-31(38)20-8-6-7-9-20/h6-8,10,13-14,16,18-19,21-29,36H,9,11-12,15H2,1-5H3,(H,35,37)/b17-14+/t16-,18-,19-,21-,23?,24+,25?,26?,27+,28-,29-,34+/m1/s1. The Hall–Kier alpha value is -3.28. The van der Waals surface area contributed by atoms with E-state index in [0.717, 1.165) is 18.4 Å². The van der Waals surface area contributed by atoms with E-state index in [1.165, 1.54) is 7.11 Å². The number of allylic oxidation sites excluding steroid dienone is 3. The highest BCUT2D eigenvalue weighted by molar-refractivity contribution is 6.32. The first kappa shape index (κ1) is 31.7. The lowest BCUT2D eigenvalue weighted by Gasteiger charge is -2.49. The second-order valence-corrected chi connectivity index (χ2v) is 13.4. The summed E-state index contributed by atoms with van der Waals surface area (Å²) in [4.78, 5) is 51.5. The Kier molecular flexibility index (Phi) is 8.56. The smallest absolute Gasteiger partial charge is 0.397 e. The van der Waals surface area contributed by atoms with E-state index in [0.29, 0.717) is 12.0 Å². The molecule has 244 valence electrons. The third-order valence-corrected chi connectivity index (χ3v) is 10.5. The molecular weight excluding hydrogens is 582 g/mol. The predicted octanol–water partition coefficient (Wildman–Crippen LogP) is 2.47. The second kappa shape index (κ2) is 12.1. The molecule has 11 heteroatoms. The summed E-state index contributed by atoms with van der Waals surface area (Å²) in [5, 5.41) is 14.5. The first-order valence-electron chi connectivity index (χ1n) is 16.0. The Labute approximate surface area is 263 Å². The molecule has 2 saturated carbocycles. The molecule has 4 bridgehead atoms. The van der Waals surface area contributed by atoms with E-state index >= 15 is 0 Å². The molecule has 3 fully saturated rings. The molecule has 12 atom stereocenters. The zero-order valence-corrected chi connectivity index (χ0v) is 26.3. The van der Waals surface area contributed by atoms with Crippen LogP contribution in [0.25, 0.3) is 0 Å². The molecule has 0 aromatic rings. The van der Waals surface area contributed by atoms with Crippen molar-refractivity contribution in [2.24, 2.45) is 29.6 Å². The van der Waals surface area contributed by atoms with Gasteiger partial charge in [0.1, 0.15) is 30.0 Å². The van der Waals surface area contributed by atoms with Crippen LogP contribution in [-0.4, -0.2) is 84.3 Å². The van der Waals surface area contributed by atoms with Crippen LogP contribution < -0.4 is 5.32 Å². The number of hydrogen-bond donors (Lipinski definition) is 2. The molecule has 1 saturated heterocycles. The Morgan fingerprint density at radius 1 is 1.18 bits per heavy atom. The fourth-order valence-corrected chi connectivity index (χ4v) is 8.04. The Morgan fingerprint density at radius 2 is 1.93 bits per heavy atom. The summed E-state index contributed by atoms with van der Waals surface area (Å²) < 4.78 is 30.1. The lowest BCUT2D eigenvalue weighted by Crippen LogP contribution is -2.57. The molecule has 45 heavy (non-hydrogen) atoms. The van der Waals surface area contributed by atoms with Crippen LogP contribution in [0.4, 0.5) is 0 Å². The number of cyclic esters (lactones) is 1. The average molecular weight is 626 g/mol. The van der Waals surface area contributed by atoms with Gasteiger partial charge in [-0.25, -0.2) is 14.4 Å². The van der Waals surface area contributed by atoms with Gasteiger partial charge in [-0.3, -0.25) is 4.79 Å². The summed E-state index contributed by atoms with van der Waals surface area (Å²) in [6, 6.07) is -0.0109. The van der Waals surface area contributed by atoms with E-state index in [-0.39, 0.29) is 30.2 Å². The fourth-order valence-electron chi connectivity index (χ4n) is 8.04. The lowest BCUT2D eigenvalue weighted by molar-refractivity contribution is -0.180. The van der Waals surface area contributed by atoms with Crippen molar-refractivity contribution < 1.29 is 48.0 Å². The maximum Gasteiger partial charge on any atom is 0.397 e. The number of esters is 3. The molecule has 2 N–H and O–H groups in total. The molecule has 2 aliphatic heterocycles. The number of hydrogen-bond acceptors (Lipinski definition) is 10. The molecule has 1 amide bonds. The number of carbonyl (C=O) groups is 4. The summed E-state index contributed by atoms with van der Waals surface area (Å²) in [6.45, 7) is 7.25. The van der Waals surface area contributed by atoms with Gasteiger partial charge in [-0.05, 0) is 45.1 Å². The van der Waals surface area contributed by atoms with Crippen LogP contribution in [0.15, 0.2) is 47.6 Å². The number of aliphatic hydroxyl groups excluding tert-OH is 1. The van der Waals surface area contributed by atoms with Crippen molar-refractivity contribution in [3.63, 3.8) is 0 Å². The van der Waals surface area contributed by atoms with Gasteiger partial charge in [0.15, 0.2) is 6.10 Å². The van der Waals surface area contributed by atoms with Crippen LogP contribution in [-0.2, 0) is 42.9 Å². The van der Waals surface area contributed by atoms with Crippen LogP contribution in [0.1, 0.15) is 53.4 Å². The number of carbonyl (C=O) groups excluding carboxylic acids is 4. The number of amides is 1. The number of nitrogens with one attached hydrogen (secondary N) is 1. The number of ether oxygens (including phenoxy) is 5. The minimum atomic E-state index is -1.03. The Balaban J connectivity index is 1.32. The van der Waals surface area contributed by atoms with Crippen LogP contribution in [0.5, 0.6) is 0 Å². The third kappa shape index (κ3) is 5.57. The van der Waals surface area contributed by atoms with Crippen molar-refractivity contribution >= 4 is 23.8 Å². The first-order valence-corrected chi connectivity index (χ1v) is 16.0. The monoisotopic (exact) mass is 625 g/mol. The van der Waals surface area contributed by atoms with Gasteiger partial charge in [-0.1, -0.05) is 50.3 Å². The molecule has 2 heterocycles. The molecular formula is C34H43NO10. The predicted molar refractivity (Wildman–Crippen MR) is 159 cm³/mol. The van der Waals surface area contributed by atoms with Gasteiger partial charge < -0.3 is 34.1 Å². The number of aliphatic hydroxyl groups is 1. The highest BCUT2D eigenvalue weighted by Crippen LogP contribution is 2.61. The third-order valence-electron chi connectivity index (χ3n) is 10.5. The van der Waals surface area contributed by atoms with E-state index in [1.54, 1.807) is 13.0 Å². The maximum absolute atomic E-state index is 13.5. The van der Waals surface area contributed by atoms with Crippen LogP contribution in [0.2, 0.25) is 0 Å².